The third kappa shape index (κ3) is 2.40. The minimum atomic E-state index is -0.561. The average molecular weight is 198 g/mol. The standard InChI is InChI=1S/C8H10N2O4/c11-5-1-4-9-6-7(10(13)14)2-3-8(9)12/h2-3,6,11H,1,4-5H2. The van der Waals surface area contributed by atoms with E-state index in [1.807, 2.05) is 0 Å². The minimum Gasteiger partial charge on any atom is -0.396 e. The molecule has 0 aliphatic heterocycles. The van der Waals surface area contributed by atoms with E-state index >= 15 is 0 Å². The monoisotopic (exact) mass is 198 g/mol. The summed E-state index contributed by atoms with van der Waals surface area (Å²) in [6.07, 6.45) is 1.58. The van der Waals surface area contributed by atoms with Crippen LogP contribution >= 0.6 is 0 Å². The summed E-state index contributed by atoms with van der Waals surface area (Å²) in [6, 6.07) is 2.31. The first-order valence-electron chi connectivity index (χ1n) is 4.11. The van der Waals surface area contributed by atoms with Crippen molar-refractivity contribution in [1.29, 1.82) is 0 Å². The molecule has 0 saturated heterocycles. The molecule has 76 valence electrons. The first-order chi connectivity index (χ1) is 6.65. The van der Waals surface area contributed by atoms with E-state index in [9.17, 15) is 14.9 Å². The van der Waals surface area contributed by atoms with Crippen LogP contribution in [0.25, 0.3) is 0 Å². The van der Waals surface area contributed by atoms with Crippen LogP contribution in [0.1, 0.15) is 6.42 Å². The van der Waals surface area contributed by atoms with Gasteiger partial charge in [0.05, 0.1) is 11.1 Å². The van der Waals surface area contributed by atoms with Gasteiger partial charge in [-0.05, 0) is 6.42 Å². The number of hydrogen-bond donors (Lipinski definition) is 1. The highest BCUT2D eigenvalue weighted by Crippen LogP contribution is 2.06. The minimum absolute atomic E-state index is 0.0465. The first-order valence-corrected chi connectivity index (χ1v) is 4.11. The van der Waals surface area contributed by atoms with Gasteiger partial charge in [0.15, 0.2) is 0 Å². The SMILES string of the molecule is O=c1ccc([N+](=O)[O-])cn1CCCO. The van der Waals surface area contributed by atoms with Crippen molar-refractivity contribution in [1.82, 2.24) is 4.57 Å². The van der Waals surface area contributed by atoms with Gasteiger partial charge in [-0.2, -0.15) is 0 Å². The van der Waals surface area contributed by atoms with Crippen LogP contribution in [0.4, 0.5) is 5.69 Å². The Morgan fingerprint density at radius 1 is 1.50 bits per heavy atom. The average Bonchev–Trinajstić information content (AvgIpc) is 2.16. The highest BCUT2D eigenvalue weighted by molar-refractivity contribution is 5.24. The predicted molar refractivity (Wildman–Crippen MR) is 49.1 cm³/mol. The molecule has 0 aliphatic rings. The van der Waals surface area contributed by atoms with Crippen molar-refractivity contribution < 1.29 is 10.0 Å². The van der Waals surface area contributed by atoms with Crippen LogP contribution < -0.4 is 5.56 Å². The maximum absolute atomic E-state index is 11.2. The number of aliphatic hydroxyl groups is 1. The van der Waals surface area contributed by atoms with Crippen LogP contribution in [0.2, 0.25) is 0 Å². The Kier molecular flexibility index (Phi) is 3.35. The van der Waals surface area contributed by atoms with Crippen molar-refractivity contribution in [2.24, 2.45) is 0 Å². The predicted octanol–water partition coefficient (Wildman–Crippen LogP) is 0.139. The van der Waals surface area contributed by atoms with E-state index in [1.165, 1.54) is 10.8 Å². The molecule has 0 spiro atoms. The molecule has 0 saturated carbocycles. The van der Waals surface area contributed by atoms with Crippen molar-refractivity contribution in [3.63, 3.8) is 0 Å². The molecule has 1 N–H and O–H groups in total. The highest BCUT2D eigenvalue weighted by atomic mass is 16.6. The molecule has 1 aromatic rings. The summed E-state index contributed by atoms with van der Waals surface area (Å²) in [7, 11) is 0. The molecule has 14 heavy (non-hydrogen) atoms. The van der Waals surface area contributed by atoms with E-state index in [2.05, 4.69) is 0 Å². The second-order valence-electron chi connectivity index (χ2n) is 2.75. The fraction of sp³-hybridized carbons (Fsp3) is 0.375. The molecule has 6 heteroatoms. The van der Waals surface area contributed by atoms with E-state index in [0.29, 0.717) is 6.42 Å². The summed E-state index contributed by atoms with van der Waals surface area (Å²) in [6.45, 7) is 0.242. The van der Waals surface area contributed by atoms with Crippen LogP contribution in [0.3, 0.4) is 0 Å². The Morgan fingerprint density at radius 2 is 2.21 bits per heavy atom. The van der Waals surface area contributed by atoms with Crippen molar-refractivity contribution in [3.8, 4) is 0 Å². The number of aliphatic hydroxyl groups excluding tert-OH is 1. The van der Waals surface area contributed by atoms with Crippen molar-refractivity contribution in [2.75, 3.05) is 6.61 Å². The van der Waals surface area contributed by atoms with Gasteiger partial charge >= 0.3 is 0 Å². The maximum Gasteiger partial charge on any atom is 0.285 e. The first kappa shape index (κ1) is 10.4. The van der Waals surface area contributed by atoms with Crippen LogP contribution in [0.15, 0.2) is 23.1 Å². The van der Waals surface area contributed by atoms with Gasteiger partial charge in [-0.1, -0.05) is 0 Å². The molecule has 1 heterocycles. The maximum atomic E-state index is 11.2. The lowest BCUT2D eigenvalue weighted by Gasteiger charge is -2.02. The molecule has 1 rings (SSSR count). The number of pyridine rings is 1. The van der Waals surface area contributed by atoms with Crippen LogP contribution in [0, 0.1) is 10.1 Å². The summed E-state index contributed by atoms with van der Waals surface area (Å²) < 4.78 is 1.22. The van der Waals surface area contributed by atoms with Crippen LogP contribution in [-0.2, 0) is 6.54 Å². The van der Waals surface area contributed by atoms with Gasteiger partial charge in [0, 0.05) is 25.3 Å². The molecule has 0 atom stereocenters. The Bertz CT molecular complexity index is 385. The van der Waals surface area contributed by atoms with Crippen molar-refractivity contribution in [2.45, 2.75) is 13.0 Å². The Hall–Kier alpha value is -1.69. The Balaban J connectivity index is 2.96. The lowest BCUT2D eigenvalue weighted by molar-refractivity contribution is -0.385. The third-order valence-electron chi connectivity index (χ3n) is 1.74. The lowest BCUT2D eigenvalue weighted by atomic mass is 10.4. The molecule has 0 unspecified atom stereocenters. The van der Waals surface area contributed by atoms with E-state index in [1.54, 1.807) is 0 Å². The fourth-order valence-corrected chi connectivity index (χ4v) is 1.04. The van der Waals surface area contributed by atoms with Gasteiger partial charge < -0.3 is 9.67 Å². The van der Waals surface area contributed by atoms with Gasteiger partial charge in [-0.15, -0.1) is 0 Å². The summed E-state index contributed by atoms with van der Waals surface area (Å²) in [4.78, 5) is 21.0. The molecule has 0 fully saturated rings. The van der Waals surface area contributed by atoms with E-state index in [4.69, 9.17) is 5.11 Å². The number of nitrogens with zero attached hydrogens (tertiary/aromatic N) is 2. The molecule has 0 aliphatic carbocycles. The van der Waals surface area contributed by atoms with Gasteiger partial charge in [-0.25, -0.2) is 0 Å². The molecule has 1 aromatic heterocycles. The number of aromatic nitrogens is 1. The van der Waals surface area contributed by atoms with Gasteiger partial charge in [0.2, 0.25) is 0 Å². The van der Waals surface area contributed by atoms with Gasteiger partial charge in [0.25, 0.3) is 11.2 Å². The largest absolute Gasteiger partial charge is 0.396 e. The smallest absolute Gasteiger partial charge is 0.285 e. The second-order valence-corrected chi connectivity index (χ2v) is 2.75. The zero-order valence-electron chi connectivity index (χ0n) is 7.42. The van der Waals surface area contributed by atoms with Gasteiger partial charge in [-0.3, -0.25) is 14.9 Å². The molecular weight excluding hydrogens is 188 g/mol. The Morgan fingerprint density at radius 3 is 2.79 bits per heavy atom. The summed E-state index contributed by atoms with van der Waals surface area (Å²) in [5.74, 6) is 0. The summed E-state index contributed by atoms with van der Waals surface area (Å²) in [5.41, 5.74) is -0.424. The van der Waals surface area contributed by atoms with Crippen LogP contribution in [0.5, 0.6) is 0 Å². The zero-order valence-corrected chi connectivity index (χ0v) is 7.42. The second kappa shape index (κ2) is 4.52. The third-order valence-corrected chi connectivity index (χ3v) is 1.74. The topological polar surface area (TPSA) is 85.4 Å². The highest BCUT2D eigenvalue weighted by Gasteiger charge is 2.06. The molecule has 0 radical (unpaired) electrons. The molecule has 0 amide bonds. The number of hydrogen-bond acceptors (Lipinski definition) is 4. The fourth-order valence-electron chi connectivity index (χ4n) is 1.04. The quantitative estimate of drug-likeness (QED) is 0.550. The van der Waals surface area contributed by atoms with E-state index in [-0.39, 0.29) is 24.4 Å². The zero-order chi connectivity index (χ0) is 10.6. The normalized spacial score (nSPS) is 10.1. The molecule has 0 aromatic carbocycles. The van der Waals surface area contributed by atoms with E-state index < -0.39 is 4.92 Å². The van der Waals surface area contributed by atoms with E-state index in [0.717, 1.165) is 12.1 Å². The van der Waals surface area contributed by atoms with Gasteiger partial charge in [0.1, 0.15) is 0 Å². The van der Waals surface area contributed by atoms with Crippen molar-refractivity contribution >= 4 is 5.69 Å². The molecule has 0 bridgehead atoms. The number of rotatable bonds is 4. The molecular formula is C8H10N2O4. The Labute approximate surface area is 79.6 Å². The number of nitro groups is 1. The summed E-state index contributed by atoms with van der Waals surface area (Å²) in [5, 5.41) is 18.9. The van der Waals surface area contributed by atoms with Crippen molar-refractivity contribution in [3.05, 3.63) is 38.8 Å². The summed E-state index contributed by atoms with van der Waals surface area (Å²) >= 11 is 0. The lowest BCUT2D eigenvalue weighted by Crippen LogP contribution is -2.19. The van der Waals surface area contributed by atoms with Crippen LogP contribution in [-0.4, -0.2) is 21.2 Å². The number of aryl methyl sites for hydroxylation is 1. The molecule has 6 nitrogen and oxygen atoms in total.